The highest BCUT2D eigenvalue weighted by molar-refractivity contribution is 5.66. The summed E-state index contributed by atoms with van der Waals surface area (Å²) in [5.41, 5.74) is 4.52. The van der Waals surface area contributed by atoms with Gasteiger partial charge in [-0.2, -0.15) is 0 Å². The summed E-state index contributed by atoms with van der Waals surface area (Å²) in [5, 5.41) is 14.2. The van der Waals surface area contributed by atoms with Crippen molar-refractivity contribution in [3.63, 3.8) is 0 Å². The highest BCUT2D eigenvalue weighted by Crippen LogP contribution is 2.62. The molecule has 0 unspecified atom stereocenters. The molecule has 1 aromatic carbocycles. The molecule has 6 rings (SSSR count). The molecule has 2 atom stereocenters. The quantitative estimate of drug-likeness (QED) is 0.626. The molecular formula is C21H20N2O2. The molecule has 0 amide bonds. The second kappa shape index (κ2) is 4.79. The van der Waals surface area contributed by atoms with Crippen molar-refractivity contribution >= 4 is 11.8 Å². The minimum absolute atomic E-state index is 0.175. The number of rotatable bonds is 0. The zero-order valence-electron chi connectivity index (χ0n) is 14.4. The molecule has 5 aliphatic rings. The number of allylic oxidation sites excluding steroid dienone is 5. The highest BCUT2D eigenvalue weighted by atomic mass is 16.5. The molecule has 0 spiro atoms. The van der Waals surface area contributed by atoms with Gasteiger partial charge in [0, 0.05) is 28.7 Å². The van der Waals surface area contributed by atoms with Gasteiger partial charge in [0.25, 0.3) is 11.4 Å². The molecule has 0 aromatic heterocycles. The van der Waals surface area contributed by atoms with Gasteiger partial charge in [0.15, 0.2) is 0 Å². The van der Waals surface area contributed by atoms with Crippen LogP contribution in [-0.4, -0.2) is 9.82 Å². The Hall–Kier alpha value is -2.46. The first-order valence-corrected chi connectivity index (χ1v) is 8.85. The van der Waals surface area contributed by atoms with Crippen molar-refractivity contribution in [1.29, 1.82) is 0 Å². The number of nitrogens with zero attached hydrogens (tertiary/aromatic N) is 2. The van der Waals surface area contributed by atoms with Gasteiger partial charge in [0.2, 0.25) is 0 Å². The monoisotopic (exact) mass is 332 g/mol. The number of hydrogen-bond acceptors (Lipinski definition) is 3. The van der Waals surface area contributed by atoms with E-state index in [0.717, 1.165) is 39.5 Å². The van der Waals surface area contributed by atoms with Crippen LogP contribution < -0.4 is 0 Å². The second-order valence-electron chi connectivity index (χ2n) is 8.01. The van der Waals surface area contributed by atoms with Crippen LogP contribution in [0, 0.1) is 27.4 Å². The fourth-order valence-corrected chi connectivity index (χ4v) is 4.78. The molecule has 2 heterocycles. The van der Waals surface area contributed by atoms with Crippen LogP contribution in [0.1, 0.15) is 32.3 Å². The maximum atomic E-state index is 13.2. The number of nitroso groups, excluding NO2 is 1. The molecule has 4 nitrogen and oxygen atoms in total. The van der Waals surface area contributed by atoms with E-state index in [-0.39, 0.29) is 5.41 Å². The van der Waals surface area contributed by atoms with Crippen molar-refractivity contribution in [3.05, 3.63) is 80.8 Å². The Morgan fingerprint density at radius 1 is 1.16 bits per heavy atom. The summed E-state index contributed by atoms with van der Waals surface area (Å²) in [6, 6.07) is 7.45. The molecular weight excluding hydrogens is 312 g/mol. The van der Waals surface area contributed by atoms with Crippen LogP contribution in [0.15, 0.2) is 65.2 Å². The number of hydrogen-bond donors (Lipinski definition) is 0. The van der Waals surface area contributed by atoms with Gasteiger partial charge in [-0.25, -0.2) is 0 Å². The molecule has 2 bridgehead atoms. The van der Waals surface area contributed by atoms with E-state index in [2.05, 4.69) is 13.8 Å². The van der Waals surface area contributed by atoms with Crippen molar-refractivity contribution in [2.24, 2.45) is 17.3 Å². The Morgan fingerprint density at radius 2 is 1.96 bits per heavy atom. The van der Waals surface area contributed by atoms with Crippen molar-refractivity contribution in [3.8, 4) is 0 Å². The third-order valence-electron chi connectivity index (χ3n) is 6.53. The van der Waals surface area contributed by atoms with Crippen LogP contribution in [-0.2, 0) is 0 Å². The Kier molecular flexibility index (Phi) is 2.85. The molecule has 0 saturated heterocycles. The van der Waals surface area contributed by atoms with Crippen molar-refractivity contribution in [2.75, 3.05) is 0 Å². The van der Waals surface area contributed by atoms with Gasteiger partial charge in [-0.3, -0.25) is 0 Å². The highest BCUT2D eigenvalue weighted by Gasteiger charge is 2.54. The minimum Gasteiger partial charge on any atom is -0.754 e. The Bertz CT molecular complexity index is 933. The predicted octanol–water partition coefficient (Wildman–Crippen LogP) is 5.03. The van der Waals surface area contributed by atoms with Crippen molar-refractivity contribution in [1.82, 2.24) is 5.06 Å². The van der Waals surface area contributed by atoms with Crippen LogP contribution in [0.3, 0.4) is 0 Å². The number of fused-ring (bicyclic) bond motifs is 1. The number of hydroxylamine groups is 2. The maximum Gasteiger partial charge on any atom is 0.286 e. The fraction of sp³-hybridized carbons (Fsp3) is 0.333. The van der Waals surface area contributed by atoms with Crippen LogP contribution in [0.4, 0.5) is 5.69 Å². The van der Waals surface area contributed by atoms with Gasteiger partial charge < -0.3 is 10.3 Å². The van der Waals surface area contributed by atoms with E-state index in [1.165, 1.54) is 0 Å². The summed E-state index contributed by atoms with van der Waals surface area (Å²) in [6.45, 7) is 4.51. The first kappa shape index (κ1) is 14.8. The van der Waals surface area contributed by atoms with E-state index in [1.54, 1.807) is 12.1 Å². The minimum atomic E-state index is 0.175. The van der Waals surface area contributed by atoms with E-state index in [9.17, 15) is 10.1 Å². The second-order valence-corrected chi connectivity index (χ2v) is 8.01. The summed E-state index contributed by atoms with van der Waals surface area (Å²) in [5.74, 6) is 0.959. The van der Waals surface area contributed by atoms with Gasteiger partial charge in [-0.05, 0) is 48.0 Å². The van der Waals surface area contributed by atoms with Crippen LogP contribution in [0.2, 0.25) is 0 Å². The smallest absolute Gasteiger partial charge is 0.286 e. The third-order valence-corrected chi connectivity index (χ3v) is 6.53. The maximum absolute atomic E-state index is 13.2. The molecule has 4 heteroatoms. The number of para-hydroxylation sites is 1. The summed E-state index contributed by atoms with van der Waals surface area (Å²) in [4.78, 5) is 12.8. The summed E-state index contributed by atoms with van der Waals surface area (Å²) >= 11 is 0. The predicted molar refractivity (Wildman–Crippen MR) is 97.2 cm³/mol. The average Bonchev–Trinajstić information content (AvgIpc) is 2.63. The molecule has 0 radical (unpaired) electrons. The molecule has 2 aliphatic heterocycles. The lowest BCUT2D eigenvalue weighted by molar-refractivity contribution is -0.404. The molecule has 25 heavy (non-hydrogen) atoms. The zero-order valence-corrected chi connectivity index (χ0v) is 14.4. The van der Waals surface area contributed by atoms with E-state index in [0.29, 0.717) is 28.9 Å². The van der Waals surface area contributed by atoms with Crippen LogP contribution in [0.25, 0.3) is 6.08 Å². The fourth-order valence-electron chi connectivity index (χ4n) is 4.78. The van der Waals surface area contributed by atoms with Crippen molar-refractivity contribution < 1.29 is 4.76 Å². The molecule has 1 saturated carbocycles. The number of benzene rings is 1. The van der Waals surface area contributed by atoms with E-state index in [4.69, 9.17) is 0 Å². The Morgan fingerprint density at radius 3 is 2.76 bits per heavy atom. The Balaban J connectivity index is 1.60. The molecule has 3 aliphatic carbocycles. The SMILES string of the molecule is CC1(C)[C@H]2CC3=C([C@@H]1C2)N([O-])C(=C1C=Cc2ccccc2[N+]1=O)C=C3. The summed E-state index contributed by atoms with van der Waals surface area (Å²) < 4.78 is 0.878. The lowest BCUT2D eigenvalue weighted by Crippen LogP contribution is -2.52. The largest absolute Gasteiger partial charge is 0.754 e. The molecule has 0 N–H and O–H groups in total. The van der Waals surface area contributed by atoms with Gasteiger partial charge in [-0.15, -0.1) is 0 Å². The average molecular weight is 332 g/mol. The lowest BCUT2D eigenvalue weighted by Gasteiger charge is -2.61. The zero-order chi connectivity index (χ0) is 17.3. The standard InChI is InChI=1S/C21H20N2O2/c1-21(2)15-11-14-8-10-19(23(25)20(14)16(21)12-15)18-9-7-13-5-3-4-6-17(13)22(18)24/h3-10,15-16H,11-12H2,1-2H3/t15-,16-/m0/s1. The first-order valence-electron chi connectivity index (χ1n) is 8.85. The van der Waals surface area contributed by atoms with Crippen molar-refractivity contribution in [2.45, 2.75) is 26.7 Å². The normalized spacial score (nSPS) is 31.6. The summed E-state index contributed by atoms with van der Waals surface area (Å²) in [6.07, 6.45) is 9.56. The Labute approximate surface area is 147 Å². The van der Waals surface area contributed by atoms with E-state index in [1.807, 2.05) is 36.4 Å². The third kappa shape index (κ3) is 1.86. The van der Waals surface area contributed by atoms with Crippen LogP contribution in [0.5, 0.6) is 0 Å². The lowest BCUT2D eigenvalue weighted by atomic mass is 9.48. The molecule has 126 valence electrons. The van der Waals surface area contributed by atoms with Gasteiger partial charge in [0.05, 0.1) is 10.3 Å². The van der Waals surface area contributed by atoms with Gasteiger partial charge >= 0.3 is 0 Å². The van der Waals surface area contributed by atoms with Crippen LogP contribution >= 0.6 is 0 Å². The van der Waals surface area contributed by atoms with Gasteiger partial charge in [-0.1, -0.05) is 32.1 Å². The van der Waals surface area contributed by atoms with E-state index < -0.39 is 0 Å². The summed E-state index contributed by atoms with van der Waals surface area (Å²) in [7, 11) is 0. The van der Waals surface area contributed by atoms with Gasteiger partial charge in [0.1, 0.15) is 5.70 Å². The first-order chi connectivity index (χ1) is 12.0. The van der Waals surface area contributed by atoms with E-state index >= 15 is 0 Å². The molecule has 1 fully saturated rings. The topological polar surface area (TPSA) is 46.4 Å². The molecule has 1 aromatic rings.